The van der Waals surface area contributed by atoms with E-state index in [0.29, 0.717) is 10.6 Å². The summed E-state index contributed by atoms with van der Waals surface area (Å²) in [6.07, 6.45) is 3.71. The van der Waals surface area contributed by atoms with Crippen molar-refractivity contribution in [3.8, 4) is 6.07 Å². The Hall–Kier alpha value is -1.99. The molecule has 1 heterocycles. The van der Waals surface area contributed by atoms with Crippen molar-refractivity contribution in [2.75, 3.05) is 11.9 Å². The molecule has 2 rings (SSSR count). The average molecular weight is 261 g/mol. The molecule has 0 aliphatic rings. The van der Waals surface area contributed by atoms with Gasteiger partial charge in [0.05, 0.1) is 22.3 Å². The maximum atomic E-state index is 8.83. The van der Waals surface area contributed by atoms with Crippen molar-refractivity contribution in [3.63, 3.8) is 0 Å². The Morgan fingerprint density at radius 3 is 3.00 bits per heavy atom. The number of hydrogen-bond donors (Lipinski definition) is 1. The molecule has 0 amide bonds. The molecule has 2 aromatic rings. The van der Waals surface area contributed by atoms with Gasteiger partial charge in [-0.2, -0.15) is 5.26 Å². The van der Waals surface area contributed by atoms with Crippen molar-refractivity contribution >= 4 is 17.3 Å². The summed E-state index contributed by atoms with van der Waals surface area (Å²) in [5, 5.41) is 12.7. The van der Waals surface area contributed by atoms with Crippen molar-refractivity contribution < 1.29 is 0 Å². The van der Waals surface area contributed by atoms with E-state index in [9.17, 15) is 0 Å². The first-order chi connectivity index (χ1) is 8.70. The molecule has 0 fully saturated rings. The molecule has 0 aliphatic carbocycles. The summed E-state index contributed by atoms with van der Waals surface area (Å²) < 4.78 is 2.05. The molecule has 0 atom stereocenters. The number of benzene rings is 1. The normalized spacial score (nSPS) is 10.1. The Balaban J connectivity index is 1.98. The van der Waals surface area contributed by atoms with Crippen LogP contribution in [0.4, 0.5) is 5.69 Å². The van der Waals surface area contributed by atoms with E-state index in [-0.39, 0.29) is 0 Å². The lowest BCUT2D eigenvalue weighted by Crippen LogP contribution is -2.11. The van der Waals surface area contributed by atoms with Crippen molar-refractivity contribution in [2.45, 2.75) is 13.5 Å². The molecule has 5 heteroatoms. The predicted octanol–water partition coefficient (Wildman–Crippen LogP) is 2.83. The topological polar surface area (TPSA) is 53.6 Å². The molecule has 1 aromatic carbocycles. The van der Waals surface area contributed by atoms with Crippen molar-refractivity contribution in [1.82, 2.24) is 9.55 Å². The Labute approximate surface area is 111 Å². The summed E-state index contributed by atoms with van der Waals surface area (Å²) in [5.74, 6) is 0.980. The van der Waals surface area contributed by atoms with E-state index in [0.717, 1.165) is 24.6 Å². The molecular weight excluding hydrogens is 248 g/mol. The minimum Gasteiger partial charge on any atom is -0.382 e. The third-order valence-electron chi connectivity index (χ3n) is 2.69. The van der Waals surface area contributed by atoms with Crippen molar-refractivity contribution in [2.24, 2.45) is 0 Å². The van der Waals surface area contributed by atoms with Gasteiger partial charge in [-0.25, -0.2) is 4.98 Å². The molecule has 0 bridgehead atoms. The number of imidazole rings is 1. The first-order valence-corrected chi connectivity index (χ1v) is 6.00. The van der Waals surface area contributed by atoms with Crippen LogP contribution in [0.1, 0.15) is 11.4 Å². The molecule has 92 valence electrons. The van der Waals surface area contributed by atoms with Gasteiger partial charge in [0.1, 0.15) is 5.82 Å². The van der Waals surface area contributed by atoms with Gasteiger partial charge < -0.3 is 9.88 Å². The van der Waals surface area contributed by atoms with Crippen LogP contribution in [0.5, 0.6) is 0 Å². The summed E-state index contributed by atoms with van der Waals surface area (Å²) in [7, 11) is 0. The lowest BCUT2D eigenvalue weighted by atomic mass is 10.2. The molecule has 0 radical (unpaired) electrons. The monoisotopic (exact) mass is 260 g/mol. The van der Waals surface area contributed by atoms with Crippen LogP contribution in [0.15, 0.2) is 30.6 Å². The number of aromatic nitrogens is 2. The van der Waals surface area contributed by atoms with Crippen LogP contribution in [0.2, 0.25) is 5.02 Å². The van der Waals surface area contributed by atoms with Gasteiger partial charge in [0, 0.05) is 25.5 Å². The summed E-state index contributed by atoms with van der Waals surface area (Å²) in [6, 6.07) is 7.28. The number of halogens is 1. The Morgan fingerprint density at radius 2 is 2.33 bits per heavy atom. The van der Waals surface area contributed by atoms with Crippen molar-refractivity contribution in [3.05, 3.63) is 47.0 Å². The van der Waals surface area contributed by atoms with E-state index in [1.807, 2.05) is 13.1 Å². The zero-order chi connectivity index (χ0) is 13.0. The summed E-state index contributed by atoms with van der Waals surface area (Å²) >= 11 is 6.05. The third-order valence-corrected chi connectivity index (χ3v) is 3.02. The van der Waals surface area contributed by atoms with Gasteiger partial charge in [-0.3, -0.25) is 0 Å². The zero-order valence-corrected chi connectivity index (χ0v) is 10.8. The van der Waals surface area contributed by atoms with Crippen LogP contribution in [0.25, 0.3) is 0 Å². The van der Waals surface area contributed by atoms with Crippen LogP contribution < -0.4 is 5.32 Å². The average Bonchev–Trinajstić information content (AvgIpc) is 2.77. The van der Waals surface area contributed by atoms with Gasteiger partial charge >= 0.3 is 0 Å². The molecular formula is C13H13ClN4. The molecule has 18 heavy (non-hydrogen) atoms. The van der Waals surface area contributed by atoms with Crippen LogP contribution in [0, 0.1) is 18.3 Å². The minimum absolute atomic E-state index is 0.598. The van der Waals surface area contributed by atoms with Gasteiger partial charge in [0.15, 0.2) is 0 Å². The largest absolute Gasteiger partial charge is 0.382 e. The van der Waals surface area contributed by atoms with Gasteiger partial charge in [-0.1, -0.05) is 11.6 Å². The van der Waals surface area contributed by atoms with E-state index in [4.69, 9.17) is 16.9 Å². The van der Waals surface area contributed by atoms with Gasteiger partial charge in [0.2, 0.25) is 0 Å². The van der Waals surface area contributed by atoms with E-state index in [1.165, 1.54) is 0 Å². The summed E-state index contributed by atoms with van der Waals surface area (Å²) in [6.45, 7) is 3.49. The number of rotatable bonds is 4. The molecule has 0 spiro atoms. The van der Waals surface area contributed by atoms with E-state index in [2.05, 4.69) is 20.9 Å². The Kier molecular flexibility index (Phi) is 3.85. The lowest BCUT2D eigenvalue weighted by molar-refractivity contribution is 0.701. The standard InChI is InChI=1S/C13H13ClN4/c1-10-16-4-6-18(10)7-5-17-13-8-11(9-15)2-3-12(13)14/h2-4,6,8,17H,5,7H2,1H3. The van der Waals surface area contributed by atoms with Crippen LogP contribution in [0.3, 0.4) is 0 Å². The van der Waals surface area contributed by atoms with Crippen LogP contribution in [-0.2, 0) is 6.54 Å². The molecule has 0 aliphatic heterocycles. The van der Waals surface area contributed by atoms with E-state index in [1.54, 1.807) is 24.4 Å². The van der Waals surface area contributed by atoms with Crippen LogP contribution >= 0.6 is 11.6 Å². The maximum absolute atomic E-state index is 8.83. The highest BCUT2D eigenvalue weighted by Gasteiger charge is 2.02. The molecule has 1 aromatic heterocycles. The fourth-order valence-electron chi connectivity index (χ4n) is 1.68. The zero-order valence-electron chi connectivity index (χ0n) is 10.0. The second-order valence-corrected chi connectivity index (χ2v) is 4.31. The summed E-state index contributed by atoms with van der Waals surface area (Å²) in [5.41, 5.74) is 1.38. The second-order valence-electron chi connectivity index (χ2n) is 3.90. The SMILES string of the molecule is Cc1nccn1CCNc1cc(C#N)ccc1Cl. The molecule has 1 N–H and O–H groups in total. The number of anilines is 1. The fourth-order valence-corrected chi connectivity index (χ4v) is 1.87. The first kappa shape index (κ1) is 12.5. The number of nitrogens with one attached hydrogen (secondary N) is 1. The van der Waals surface area contributed by atoms with E-state index >= 15 is 0 Å². The van der Waals surface area contributed by atoms with Crippen molar-refractivity contribution in [1.29, 1.82) is 5.26 Å². The predicted molar refractivity (Wildman–Crippen MR) is 71.6 cm³/mol. The molecule has 0 saturated heterocycles. The van der Waals surface area contributed by atoms with Crippen LogP contribution in [-0.4, -0.2) is 16.1 Å². The Bertz CT molecular complexity index is 583. The summed E-state index contributed by atoms with van der Waals surface area (Å²) in [4.78, 5) is 4.15. The lowest BCUT2D eigenvalue weighted by Gasteiger charge is -2.10. The van der Waals surface area contributed by atoms with Gasteiger partial charge in [-0.05, 0) is 25.1 Å². The number of nitrogens with zero attached hydrogens (tertiary/aromatic N) is 3. The highest BCUT2D eigenvalue weighted by atomic mass is 35.5. The number of nitriles is 1. The fraction of sp³-hybridized carbons (Fsp3) is 0.231. The maximum Gasteiger partial charge on any atom is 0.105 e. The first-order valence-electron chi connectivity index (χ1n) is 5.62. The number of aryl methyl sites for hydroxylation is 1. The number of hydrogen-bond acceptors (Lipinski definition) is 3. The molecule has 4 nitrogen and oxygen atoms in total. The van der Waals surface area contributed by atoms with E-state index < -0.39 is 0 Å². The van der Waals surface area contributed by atoms with Gasteiger partial charge in [-0.15, -0.1) is 0 Å². The smallest absolute Gasteiger partial charge is 0.105 e. The quantitative estimate of drug-likeness (QED) is 0.920. The highest BCUT2D eigenvalue weighted by molar-refractivity contribution is 6.33. The molecule has 0 unspecified atom stereocenters. The highest BCUT2D eigenvalue weighted by Crippen LogP contribution is 2.22. The van der Waals surface area contributed by atoms with Gasteiger partial charge in [0.25, 0.3) is 0 Å². The minimum atomic E-state index is 0.598. The Morgan fingerprint density at radius 1 is 1.50 bits per heavy atom. The third kappa shape index (κ3) is 2.82. The molecule has 0 saturated carbocycles. The second kappa shape index (κ2) is 5.56.